The molecule has 0 N–H and O–H groups in total. The van der Waals surface area contributed by atoms with Crippen molar-refractivity contribution in [2.45, 2.75) is 26.8 Å². The van der Waals surface area contributed by atoms with Gasteiger partial charge in [-0.3, -0.25) is 4.79 Å². The molecule has 1 aromatic carbocycles. The Morgan fingerprint density at radius 3 is 2.77 bits per heavy atom. The largest absolute Gasteiger partial charge is 0.383 e. The van der Waals surface area contributed by atoms with Crippen molar-refractivity contribution in [2.75, 3.05) is 20.3 Å². The molecule has 0 bridgehead atoms. The van der Waals surface area contributed by atoms with Crippen molar-refractivity contribution in [3.63, 3.8) is 0 Å². The molecule has 0 aliphatic heterocycles. The Balaban J connectivity index is 2.32. The van der Waals surface area contributed by atoms with Gasteiger partial charge in [-0.05, 0) is 30.2 Å². The van der Waals surface area contributed by atoms with E-state index < -0.39 is 0 Å². The lowest BCUT2D eigenvalue weighted by molar-refractivity contribution is -0.130. The Kier molecular flexibility index (Phi) is 5.75. The lowest BCUT2D eigenvalue weighted by atomic mass is 10.1. The minimum atomic E-state index is -0.00415. The van der Waals surface area contributed by atoms with Crippen LogP contribution < -0.4 is 0 Å². The quantitative estimate of drug-likeness (QED) is 0.766. The summed E-state index contributed by atoms with van der Waals surface area (Å²) >= 11 is 6.28. The predicted octanol–water partition coefficient (Wildman–Crippen LogP) is 3.45. The summed E-state index contributed by atoms with van der Waals surface area (Å²) in [7, 11) is 1.62. The number of amides is 1. The number of benzene rings is 1. The molecule has 0 fully saturated rings. The predicted molar refractivity (Wildman–Crippen MR) is 89.1 cm³/mol. The molecule has 1 heterocycles. The summed E-state index contributed by atoms with van der Waals surface area (Å²) in [6.45, 7) is 5.14. The van der Waals surface area contributed by atoms with Crippen LogP contribution in [0.2, 0.25) is 5.15 Å². The number of aromatic nitrogens is 1. The third kappa shape index (κ3) is 3.96. The van der Waals surface area contributed by atoms with Crippen molar-refractivity contribution in [3.05, 3.63) is 40.5 Å². The summed E-state index contributed by atoms with van der Waals surface area (Å²) in [5, 5.41) is 1.49. The number of halogens is 1. The molecule has 0 aliphatic rings. The maximum atomic E-state index is 11.7. The Morgan fingerprint density at radius 1 is 1.36 bits per heavy atom. The van der Waals surface area contributed by atoms with Crippen LogP contribution in [0.3, 0.4) is 0 Å². The van der Waals surface area contributed by atoms with Gasteiger partial charge in [0.15, 0.2) is 0 Å². The van der Waals surface area contributed by atoms with E-state index in [1.54, 1.807) is 18.9 Å². The van der Waals surface area contributed by atoms with Crippen LogP contribution in [-0.2, 0) is 22.5 Å². The van der Waals surface area contributed by atoms with E-state index in [1.165, 1.54) is 5.56 Å². The number of hydrogen-bond acceptors (Lipinski definition) is 3. The van der Waals surface area contributed by atoms with Gasteiger partial charge in [0.25, 0.3) is 0 Å². The summed E-state index contributed by atoms with van der Waals surface area (Å²) in [6.07, 6.45) is 0.974. The molecule has 0 saturated carbocycles. The molecule has 0 saturated heterocycles. The standard InChI is InChI=1S/C17H21ClN2O2/c1-4-13-5-6-16-14(9-13)10-15(17(18)19-16)11-20(12(2)21)7-8-22-3/h5-6,9-10H,4,7-8,11H2,1-3H3. The Labute approximate surface area is 136 Å². The van der Waals surface area contributed by atoms with Gasteiger partial charge < -0.3 is 9.64 Å². The average Bonchev–Trinajstić information content (AvgIpc) is 2.51. The molecule has 118 valence electrons. The molecule has 1 aromatic heterocycles. The van der Waals surface area contributed by atoms with Crippen LogP contribution in [0.5, 0.6) is 0 Å². The van der Waals surface area contributed by atoms with Gasteiger partial charge >= 0.3 is 0 Å². The number of carbonyl (C=O) groups is 1. The summed E-state index contributed by atoms with van der Waals surface area (Å²) in [5.74, 6) is -0.00415. The van der Waals surface area contributed by atoms with Crippen LogP contribution in [0.4, 0.5) is 0 Å². The SMILES string of the molecule is CCc1ccc2nc(Cl)c(CN(CCOC)C(C)=O)cc2c1. The summed E-state index contributed by atoms with van der Waals surface area (Å²) in [4.78, 5) is 17.9. The van der Waals surface area contributed by atoms with Gasteiger partial charge in [0, 0.05) is 38.1 Å². The molecule has 1 amide bonds. The molecular weight excluding hydrogens is 300 g/mol. The minimum absolute atomic E-state index is 0.00415. The number of methoxy groups -OCH3 is 1. The van der Waals surface area contributed by atoms with E-state index in [4.69, 9.17) is 16.3 Å². The van der Waals surface area contributed by atoms with Crippen LogP contribution in [0.15, 0.2) is 24.3 Å². The fraction of sp³-hybridized carbons (Fsp3) is 0.412. The Bertz CT molecular complexity index is 673. The van der Waals surface area contributed by atoms with Gasteiger partial charge in [-0.15, -0.1) is 0 Å². The normalized spacial score (nSPS) is 10.9. The molecule has 4 nitrogen and oxygen atoms in total. The van der Waals surface area contributed by atoms with E-state index in [-0.39, 0.29) is 5.91 Å². The van der Waals surface area contributed by atoms with Crippen LogP contribution >= 0.6 is 11.6 Å². The lowest BCUT2D eigenvalue weighted by Gasteiger charge is -2.21. The second kappa shape index (κ2) is 7.56. The molecule has 5 heteroatoms. The molecule has 0 aliphatic carbocycles. The number of aryl methyl sites for hydroxylation is 1. The molecule has 22 heavy (non-hydrogen) atoms. The van der Waals surface area contributed by atoms with Crippen molar-refractivity contribution in [2.24, 2.45) is 0 Å². The van der Waals surface area contributed by atoms with Gasteiger partial charge in [0.05, 0.1) is 12.1 Å². The fourth-order valence-corrected chi connectivity index (χ4v) is 2.54. The third-order valence-corrected chi connectivity index (χ3v) is 4.01. The number of fused-ring (bicyclic) bond motifs is 1. The fourth-order valence-electron chi connectivity index (χ4n) is 2.33. The zero-order valence-electron chi connectivity index (χ0n) is 13.2. The highest BCUT2D eigenvalue weighted by Gasteiger charge is 2.13. The highest BCUT2D eigenvalue weighted by molar-refractivity contribution is 6.30. The topological polar surface area (TPSA) is 42.4 Å². The van der Waals surface area contributed by atoms with Crippen LogP contribution in [0.25, 0.3) is 10.9 Å². The average molecular weight is 321 g/mol. The van der Waals surface area contributed by atoms with Gasteiger partial charge in [0.1, 0.15) is 5.15 Å². The number of ether oxygens (including phenoxy) is 1. The summed E-state index contributed by atoms with van der Waals surface area (Å²) in [5.41, 5.74) is 2.98. The van der Waals surface area contributed by atoms with Gasteiger partial charge in [-0.1, -0.05) is 24.6 Å². The van der Waals surface area contributed by atoms with Crippen LogP contribution in [-0.4, -0.2) is 36.1 Å². The van der Waals surface area contributed by atoms with Gasteiger partial charge in [0.2, 0.25) is 5.91 Å². The first-order valence-electron chi connectivity index (χ1n) is 7.37. The zero-order valence-corrected chi connectivity index (χ0v) is 14.0. The maximum Gasteiger partial charge on any atom is 0.219 e. The van der Waals surface area contributed by atoms with E-state index in [0.29, 0.717) is 24.8 Å². The highest BCUT2D eigenvalue weighted by atomic mass is 35.5. The van der Waals surface area contributed by atoms with Crippen molar-refractivity contribution < 1.29 is 9.53 Å². The van der Waals surface area contributed by atoms with Crippen LogP contribution in [0, 0.1) is 0 Å². The number of carbonyl (C=O) groups excluding carboxylic acids is 1. The van der Waals surface area contributed by atoms with Crippen molar-refractivity contribution in [1.82, 2.24) is 9.88 Å². The zero-order chi connectivity index (χ0) is 16.1. The maximum absolute atomic E-state index is 11.7. The molecule has 2 rings (SSSR count). The van der Waals surface area contributed by atoms with Gasteiger partial charge in [-0.25, -0.2) is 4.98 Å². The lowest BCUT2D eigenvalue weighted by Crippen LogP contribution is -2.31. The van der Waals surface area contributed by atoms with E-state index in [2.05, 4.69) is 24.0 Å². The van der Waals surface area contributed by atoms with Crippen LogP contribution in [0.1, 0.15) is 25.0 Å². The van der Waals surface area contributed by atoms with E-state index in [1.807, 2.05) is 12.1 Å². The summed E-state index contributed by atoms with van der Waals surface area (Å²) < 4.78 is 5.05. The minimum Gasteiger partial charge on any atom is -0.383 e. The first-order valence-corrected chi connectivity index (χ1v) is 7.75. The van der Waals surface area contributed by atoms with Crippen molar-refractivity contribution >= 4 is 28.4 Å². The molecule has 0 atom stereocenters. The van der Waals surface area contributed by atoms with E-state index in [0.717, 1.165) is 22.9 Å². The number of nitrogens with zero attached hydrogens (tertiary/aromatic N) is 2. The Hall–Kier alpha value is -1.65. The first kappa shape index (κ1) is 16.7. The van der Waals surface area contributed by atoms with Crippen molar-refractivity contribution in [3.8, 4) is 0 Å². The second-order valence-corrected chi connectivity index (χ2v) is 5.61. The highest BCUT2D eigenvalue weighted by Crippen LogP contribution is 2.23. The van der Waals surface area contributed by atoms with E-state index in [9.17, 15) is 4.79 Å². The summed E-state index contributed by atoms with van der Waals surface area (Å²) in [6, 6.07) is 8.19. The van der Waals surface area contributed by atoms with Crippen molar-refractivity contribution in [1.29, 1.82) is 0 Å². The molecule has 0 spiro atoms. The smallest absolute Gasteiger partial charge is 0.219 e. The molecule has 0 unspecified atom stereocenters. The third-order valence-electron chi connectivity index (χ3n) is 3.69. The van der Waals surface area contributed by atoms with E-state index >= 15 is 0 Å². The molecule has 0 radical (unpaired) electrons. The first-order chi connectivity index (χ1) is 10.5. The number of hydrogen-bond donors (Lipinski definition) is 0. The Morgan fingerprint density at radius 2 is 2.14 bits per heavy atom. The molecule has 2 aromatic rings. The number of pyridine rings is 1. The van der Waals surface area contributed by atoms with Gasteiger partial charge in [-0.2, -0.15) is 0 Å². The monoisotopic (exact) mass is 320 g/mol. The molecular formula is C17H21ClN2O2. The second-order valence-electron chi connectivity index (χ2n) is 5.25. The number of rotatable bonds is 6.